The van der Waals surface area contributed by atoms with Gasteiger partial charge in [0.15, 0.2) is 5.69 Å². The fourth-order valence-electron chi connectivity index (χ4n) is 4.94. The molecule has 176 valence electrons. The van der Waals surface area contributed by atoms with Gasteiger partial charge in [-0.15, -0.1) is 0 Å². The van der Waals surface area contributed by atoms with Gasteiger partial charge in [-0.05, 0) is 32.3 Å². The van der Waals surface area contributed by atoms with Crippen LogP contribution in [0.2, 0.25) is 0 Å². The van der Waals surface area contributed by atoms with Gasteiger partial charge in [0.05, 0.1) is 20.0 Å². The van der Waals surface area contributed by atoms with Crippen LogP contribution in [0.15, 0.2) is 30.6 Å². The average Bonchev–Trinajstić information content (AvgIpc) is 3.04. The van der Waals surface area contributed by atoms with Crippen molar-refractivity contribution in [2.45, 2.75) is 77.0 Å². The zero-order valence-corrected chi connectivity index (χ0v) is 19.6. The van der Waals surface area contributed by atoms with Crippen molar-refractivity contribution in [2.24, 2.45) is 0 Å². The number of rotatable bonds is 5. The van der Waals surface area contributed by atoms with E-state index in [1.54, 1.807) is 16.4 Å². The quantitative estimate of drug-likeness (QED) is 0.555. The Morgan fingerprint density at radius 3 is 2.61 bits per heavy atom. The first-order valence-electron chi connectivity index (χ1n) is 11.7. The molecule has 1 aliphatic heterocycles. The number of imidazole rings is 1. The molecule has 1 aromatic heterocycles. The third kappa shape index (κ3) is 4.51. The molecule has 1 aromatic carbocycles. The maximum atomic E-state index is 13.8. The summed E-state index contributed by atoms with van der Waals surface area (Å²) in [6.45, 7) is 4.25. The Morgan fingerprint density at radius 1 is 1.21 bits per heavy atom. The van der Waals surface area contributed by atoms with Gasteiger partial charge in [-0.2, -0.15) is 0 Å². The molecular formula is C25H32N4O4. The number of ether oxygens (including phenoxy) is 1. The number of hydrogen-bond donors (Lipinski definition) is 1. The molecule has 2 heterocycles. The van der Waals surface area contributed by atoms with Crippen LogP contribution in [0.4, 0.5) is 0 Å². The fourth-order valence-corrected chi connectivity index (χ4v) is 4.94. The van der Waals surface area contributed by atoms with Crippen LogP contribution in [0.25, 0.3) is 0 Å². The summed E-state index contributed by atoms with van der Waals surface area (Å²) in [5.74, 6) is -1.24. The molecule has 1 fully saturated rings. The van der Waals surface area contributed by atoms with Crippen molar-refractivity contribution in [2.75, 3.05) is 7.11 Å². The third-order valence-corrected chi connectivity index (χ3v) is 6.84. The number of nitrogens with zero attached hydrogens (tertiary/aromatic N) is 3. The van der Waals surface area contributed by atoms with Crippen LogP contribution in [-0.2, 0) is 22.6 Å². The molecule has 2 aromatic rings. The standard InChI is InChI=1S/C25H32N4O4/c1-17-9-8-10-18(13-17)14-29-22(30)21-20(23(31)33-3)26-16-28(21)15-25(29,2)24(32)27-19-11-6-4-5-7-12-19/h8-10,13,16,19H,4-7,11-12,14-15H2,1-3H3,(H,27,32)/t25-/m0/s1. The molecule has 1 saturated carbocycles. The van der Waals surface area contributed by atoms with Gasteiger partial charge in [0.1, 0.15) is 11.2 Å². The Balaban J connectivity index is 1.70. The molecule has 0 unspecified atom stereocenters. The molecule has 33 heavy (non-hydrogen) atoms. The number of carbonyl (C=O) groups is 3. The van der Waals surface area contributed by atoms with E-state index in [4.69, 9.17) is 4.74 Å². The summed E-state index contributed by atoms with van der Waals surface area (Å²) in [5.41, 5.74) is 0.998. The van der Waals surface area contributed by atoms with E-state index in [2.05, 4.69) is 10.3 Å². The largest absolute Gasteiger partial charge is 0.464 e. The maximum Gasteiger partial charge on any atom is 0.359 e. The smallest absolute Gasteiger partial charge is 0.359 e. The molecule has 1 atom stereocenters. The number of esters is 1. The molecule has 4 rings (SSSR count). The second-order valence-corrected chi connectivity index (χ2v) is 9.38. The van der Waals surface area contributed by atoms with Crippen molar-refractivity contribution in [1.29, 1.82) is 0 Å². The number of aromatic nitrogens is 2. The SMILES string of the molecule is COC(=O)c1ncn2c1C(=O)N(Cc1cccc(C)c1)[C@](C)(C(=O)NC1CCCCCC1)C2. The van der Waals surface area contributed by atoms with E-state index in [1.807, 2.05) is 31.2 Å². The van der Waals surface area contributed by atoms with E-state index >= 15 is 0 Å². The minimum absolute atomic E-state index is 0.0250. The molecule has 8 nitrogen and oxygen atoms in total. The van der Waals surface area contributed by atoms with Crippen LogP contribution in [-0.4, -0.2) is 50.9 Å². The predicted octanol–water partition coefficient (Wildman–Crippen LogP) is 3.23. The van der Waals surface area contributed by atoms with Crippen LogP contribution >= 0.6 is 0 Å². The molecule has 2 amide bonds. The predicted molar refractivity (Wildman–Crippen MR) is 123 cm³/mol. The topological polar surface area (TPSA) is 93.5 Å². The lowest BCUT2D eigenvalue weighted by Crippen LogP contribution is -2.64. The van der Waals surface area contributed by atoms with Gasteiger partial charge in [-0.3, -0.25) is 9.59 Å². The highest BCUT2D eigenvalue weighted by atomic mass is 16.5. The Hall–Kier alpha value is -3.16. The zero-order valence-electron chi connectivity index (χ0n) is 19.6. The van der Waals surface area contributed by atoms with Gasteiger partial charge in [0, 0.05) is 12.6 Å². The summed E-state index contributed by atoms with van der Waals surface area (Å²) in [7, 11) is 1.26. The maximum absolute atomic E-state index is 13.8. The highest BCUT2D eigenvalue weighted by molar-refractivity contribution is 6.06. The summed E-state index contributed by atoms with van der Waals surface area (Å²) < 4.78 is 6.43. The molecule has 1 aliphatic carbocycles. The Labute approximate surface area is 194 Å². The van der Waals surface area contributed by atoms with Crippen LogP contribution in [0, 0.1) is 6.92 Å². The summed E-state index contributed by atoms with van der Waals surface area (Å²) >= 11 is 0. The van der Waals surface area contributed by atoms with Gasteiger partial charge in [-0.1, -0.05) is 55.5 Å². The first-order chi connectivity index (χ1) is 15.8. The van der Waals surface area contributed by atoms with E-state index in [0.29, 0.717) is 0 Å². The normalized spacial score (nSPS) is 21.3. The van der Waals surface area contributed by atoms with Gasteiger partial charge >= 0.3 is 5.97 Å². The van der Waals surface area contributed by atoms with Crippen LogP contribution < -0.4 is 5.32 Å². The lowest BCUT2D eigenvalue weighted by atomic mass is 9.92. The molecule has 1 N–H and O–H groups in total. The molecule has 0 spiro atoms. The van der Waals surface area contributed by atoms with Crippen LogP contribution in [0.1, 0.15) is 77.6 Å². The van der Waals surface area contributed by atoms with Crippen LogP contribution in [0.3, 0.4) is 0 Å². The molecule has 2 aliphatic rings. The fraction of sp³-hybridized carbons (Fsp3) is 0.520. The number of amides is 2. The number of hydrogen-bond acceptors (Lipinski definition) is 5. The van der Waals surface area contributed by atoms with E-state index in [9.17, 15) is 14.4 Å². The summed E-state index contributed by atoms with van der Waals surface area (Å²) in [5, 5.41) is 3.23. The second kappa shape index (κ2) is 9.37. The van der Waals surface area contributed by atoms with Crippen molar-refractivity contribution in [3.05, 3.63) is 53.1 Å². The number of aryl methyl sites for hydroxylation is 1. The van der Waals surface area contributed by atoms with E-state index < -0.39 is 17.4 Å². The second-order valence-electron chi connectivity index (χ2n) is 9.38. The van der Waals surface area contributed by atoms with Crippen molar-refractivity contribution >= 4 is 17.8 Å². The highest BCUT2D eigenvalue weighted by Crippen LogP contribution is 2.31. The number of benzene rings is 1. The molecular weight excluding hydrogens is 420 g/mol. The lowest BCUT2D eigenvalue weighted by molar-refractivity contribution is -0.134. The Morgan fingerprint density at radius 2 is 1.94 bits per heavy atom. The summed E-state index contributed by atoms with van der Waals surface area (Å²) in [6, 6.07) is 7.99. The number of fused-ring (bicyclic) bond motifs is 1. The minimum Gasteiger partial charge on any atom is -0.464 e. The Bertz CT molecular complexity index is 1050. The van der Waals surface area contributed by atoms with Crippen molar-refractivity contribution < 1.29 is 19.1 Å². The average molecular weight is 453 g/mol. The lowest BCUT2D eigenvalue weighted by Gasteiger charge is -2.44. The van der Waals surface area contributed by atoms with Crippen LogP contribution in [0.5, 0.6) is 0 Å². The van der Waals surface area contributed by atoms with Gasteiger partial charge in [-0.25, -0.2) is 9.78 Å². The van der Waals surface area contributed by atoms with Crippen molar-refractivity contribution in [1.82, 2.24) is 19.8 Å². The molecule has 8 heteroatoms. The first-order valence-corrected chi connectivity index (χ1v) is 11.7. The van der Waals surface area contributed by atoms with E-state index in [1.165, 1.54) is 26.3 Å². The highest BCUT2D eigenvalue weighted by Gasteiger charge is 2.49. The summed E-state index contributed by atoms with van der Waals surface area (Å²) in [6.07, 6.45) is 7.93. The molecule has 0 bridgehead atoms. The number of carbonyl (C=O) groups excluding carboxylic acids is 3. The zero-order chi connectivity index (χ0) is 23.6. The number of nitrogens with one attached hydrogen (secondary N) is 1. The van der Waals surface area contributed by atoms with Crippen molar-refractivity contribution in [3.63, 3.8) is 0 Å². The van der Waals surface area contributed by atoms with E-state index in [-0.39, 0.29) is 36.4 Å². The third-order valence-electron chi connectivity index (χ3n) is 6.84. The molecule has 0 saturated heterocycles. The van der Waals surface area contributed by atoms with Gasteiger partial charge in [0.2, 0.25) is 5.91 Å². The van der Waals surface area contributed by atoms with Gasteiger partial charge in [0.25, 0.3) is 5.91 Å². The molecule has 0 radical (unpaired) electrons. The summed E-state index contributed by atoms with van der Waals surface area (Å²) in [4.78, 5) is 45.4. The Kier molecular flexibility index (Phi) is 6.54. The first kappa shape index (κ1) is 23.0. The van der Waals surface area contributed by atoms with Crippen molar-refractivity contribution in [3.8, 4) is 0 Å². The minimum atomic E-state index is -1.13. The van der Waals surface area contributed by atoms with Gasteiger partial charge < -0.3 is 19.5 Å². The van der Waals surface area contributed by atoms with E-state index in [0.717, 1.165) is 36.8 Å². The number of methoxy groups -OCH3 is 1. The monoisotopic (exact) mass is 452 g/mol.